The van der Waals surface area contributed by atoms with E-state index in [4.69, 9.17) is 4.74 Å². The molecule has 1 saturated heterocycles. The third-order valence-electron chi connectivity index (χ3n) is 3.55. The molecule has 1 heterocycles. The second-order valence-corrected chi connectivity index (χ2v) is 4.95. The van der Waals surface area contributed by atoms with Crippen LogP contribution in [0.5, 0.6) is 0 Å². The minimum atomic E-state index is 0.146. The van der Waals surface area contributed by atoms with Crippen molar-refractivity contribution < 1.29 is 9.53 Å². The standard InChI is InChI=1S/C13H21NO2/c1-10-8-12(2-3-13(10)15)16-9-11-4-6-14-7-5-11/h2,10-11,14H,3-9H2,1H3. The molecule has 0 amide bonds. The van der Waals surface area contributed by atoms with E-state index in [0.717, 1.165) is 31.9 Å². The Bertz CT molecular complexity index is 280. The average Bonchev–Trinajstić information content (AvgIpc) is 2.32. The number of Topliss-reactive ketones (excluding diaryl/α,β-unsaturated/α-hetero) is 1. The van der Waals surface area contributed by atoms with Gasteiger partial charge in [-0.2, -0.15) is 0 Å². The second-order valence-electron chi connectivity index (χ2n) is 4.95. The Morgan fingerprint density at radius 3 is 2.88 bits per heavy atom. The van der Waals surface area contributed by atoms with Gasteiger partial charge in [-0.3, -0.25) is 4.79 Å². The number of hydrogen-bond acceptors (Lipinski definition) is 3. The summed E-state index contributed by atoms with van der Waals surface area (Å²) < 4.78 is 5.82. The van der Waals surface area contributed by atoms with Gasteiger partial charge in [-0.05, 0) is 37.9 Å². The quantitative estimate of drug-likeness (QED) is 0.794. The van der Waals surface area contributed by atoms with Crippen molar-refractivity contribution in [3.8, 4) is 0 Å². The highest BCUT2D eigenvalue weighted by Gasteiger charge is 2.21. The fourth-order valence-electron chi connectivity index (χ4n) is 2.31. The molecule has 16 heavy (non-hydrogen) atoms. The Hall–Kier alpha value is -0.830. The second kappa shape index (κ2) is 5.48. The van der Waals surface area contributed by atoms with Crippen molar-refractivity contribution in [1.29, 1.82) is 0 Å². The van der Waals surface area contributed by atoms with E-state index in [1.54, 1.807) is 0 Å². The molecular weight excluding hydrogens is 202 g/mol. The number of rotatable bonds is 3. The SMILES string of the molecule is CC1CC(OCC2CCNCC2)=CCC1=O. The maximum atomic E-state index is 11.3. The van der Waals surface area contributed by atoms with E-state index in [0.29, 0.717) is 18.1 Å². The molecule has 3 heteroatoms. The van der Waals surface area contributed by atoms with E-state index in [2.05, 4.69) is 5.32 Å². The molecule has 90 valence electrons. The molecule has 1 atom stereocenters. The van der Waals surface area contributed by atoms with Gasteiger partial charge in [-0.1, -0.05) is 6.92 Å². The van der Waals surface area contributed by atoms with E-state index in [1.165, 1.54) is 12.8 Å². The summed E-state index contributed by atoms with van der Waals surface area (Å²) in [6, 6.07) is 0. The number of carbonyl (C=O) groups excluding carboxylic acids is 1. The Balaban J connectivity index is 1.75. The van der Waals surface area contributed by atoms with Gasteiger partial charge in [0.15, 0.2) is 0 Å². The van der Waals surface area contributed by atoms with Gasteiger partial charge in [0.05, 0.1) is 12.4 Å². The maximum Gasteiger partial charge on any atom is 0.140 e. The third-order valence-corrected chi connectivity index (χ3v) is 3.55. The molecule has 0 aromatic heterocycles. The molecule has 1 aliphatic carbocycles. The van der Waals surface area contributed by atoms with Crippen LogP contribution in [0.4, 0.5) is 0 Å². The van der Waals surface area contributed by atoms with Gasteiger partial charge in [0.2, 0.25) is 0 Å². The first kappa shape index (κ1) is 11.6. The summed E-state index contributed by atoms with van der Waals surface area (Å²) in [6.07, 6.45) is 5.74. The number of carbonyl (C=O) groups is 1. The van der Waals surface area contributed by atoms with Crippen molar-refractivity contribution >= 4 is 5.78 Å². The normalized spacial score (nSPS) is 27.7. The Morgan fingerprint density at radius 1 is 1.44 bits per heavy atom. The number of ether oxygens (including phenoxy) is 1. The van der Waals surface area contributed by atoms with E-state index < -0.39 is 0 Å². The van der Waals surface area contributed by atoms with E-state index in [-0.39, 0.29) is 5.92 Å². The zero-order valence-electron chi connectivity index (χ0n) is 10.00. The molecule has 1 N–H and O–H groups in total. The first-order chi connectivity index (χ1) is 7.75. The van der Waals surface area contributed by atoms with Gasteiger partial charge >= 0.3 is 0 Å². The van der Waals surface area contributed by atoms with E-state index in [9.17, 15) is 4.79 Å². The summed E-state index contributed by atoms with van der Waals surface area (Å²) in [5, 5.41) is 3.35. The molecule has 0 saturated carbocycles. The molecule has 1 aliphatic heterocycles. The first-order valence-electron chi connectivity index (χ1n) is 6.31. The van der Waals surface area contributed by atoms with Crippen LogP contribution in [0.15, 0.2) is 11.8 Å². The zero-order chi connectivity index (χ0) is 11.4. The van der Waals surface area contributed by atoms with Crippen molar-refractivity contribution in [3.05, 3.63) is 11.8 Å². The van der Waals surface area contributed by atoms with Crippen LogP contribution < -0.4 is 5.32 Å². The summed E-state index contributed by atoms with van der Waals surface area (Å²) in [5.74, 6) is 2.21. The lowest BCUT2D eigenvalue weighted by molar-refractivity contribution is -0.122. The molecule has 1 fully saturated rings. The molecule has 0 spiro atoms. The van der Waals surface area contributed by atoms with Crippen LogP contribution in [0.1, 0.15) is 32.6 Å². The molecular formula is C13H21NO2. The number of ketones is 1. The lowest BCUT2D eigenvalue weighted by Crippen LogP contribution is -2.30. The monoisotopic (exact) mass is 223 g/mol. The predicted molar refractivity (Wildman–Crippen MR) is 63.0 cm³/mol. The number of allylic oxidation sites excluding steroid dienone is 2. The lowest BCUT2D eigenvalue weighted by atomic mass is 9.93. The van der Waals surface area contributed by atoms with Gasteiger partial charge < -0.3 is 10.1 Å². The largest absolute Gasteiger partial charge is 0.498 e. The van der Waals surface area contributed by atoms with Gasteiger partial charge in [-0.15, -0.1) is 0 Å². The van der Waals surface area contributed by atoms with Crippen LogP contribution >= 0.6 is 0 Å². The highest BCUT2D eigenvalue weighted by molar-refractivity contribution is 5.83. The van der Waals surface area contributed by atoms with Gasteiger partial charge in [0, 0.05) is 18.8 Å². The van der Waals surface area contributed by atoms with Crippen LogP contribution in [0.25, 0.3) is 0 Å². The first-order valence-corrected chi connectivity index (χ1v) is 6.31. The summed E-state index contributed by atoms with van der Waals surface area (Å²) in [7, 11) is 0. The van der Waals surface area contributed by atoms with Crippen molar-refractivity contribution in [2.45, 2.75) is 32.6 Å². The van der Waals surface area contributed by atoms with Crippen LogP contribution in [0.2, 0.25) is 0 Å². The Morgan fingerprint density at radius 2 is 2.19 bits per heavy atom. The lowest BCUT2D eigenvalue weighted by Gasteiger charge is -2.25. The number of piperidine rings is 1. The van der Waals surface area contributed by atoms with Gasteiger partial charge in [0.1, 0.15) is 5.78 Å². The Kier molecular flexibility index (Phi) is 3.99. The number of hydrogen-bond donors (Lipinski definition) is 1. The molecule has 1 unspecified atom stereocenters. The topological polar surface area (TPSA) is 38.3 Å². The maximum absolute atomic E-state index is 11.3. The van der Waals surface area contributed by atoms with Crippen molar-refractivity contribution in [1.82, 2.24) is 5.32 Å². The summed E-state index contributed by atoms with van der Waals surface area (Å²) in [6.45, 7) is 5.04. The molecule has 2 aliphatic rings. The average molecular weight is 223 g/mol. The Labute approximate surface area is 97.2 Å². The van der Waals surface area contributed by atoms with Crippen molar-refractivity contribution in [2.24, 2.45) is 11.8 Å². The zero-order valence-corrected chi connectivity index (χ0v) is 10.00. The smallest absolute Gasteiger partial charge is 0.140 e. The third kappa shape index (κ3) is 3.08. The summed E-state index contributed by atoms with van der Waals surface area (Å²) >= 11 is 0. The van der Waals surface area contributed by atoms with Gasteiger partial charge in [0.25, 0.3) is 0 Å². The number of nitrogens with one attached hydrogen (secondary N) is 1. The van der Waals surface area contributed by atoms with Crippen LogP contribution in [0, 0.1) is 11.8 Å². The summed E-state index contributed by atoms with van der Waals surface area (Å²) in [5.41, 5.74) is 0. The fourth-order valence-corrected chi connectivity index (χ4v) is 2.31. The predicted octanol–water partition coefficient (Wildman–Crippen LogP) is 1.89. The highest BCUT2D eigenvalue weighted by atomic mass is 16.5. The van der Waals surface area contributed by atoms with Crippen molar-refractivity contribution in [2.75, 3.05) is 19.7 Å². The molecule has 2 rings (SSSR count). The van der Waals surface area contributed by atoms with Crippen LogP contribution in [-0.2, 0) is 9.53 Å². The van der Waals surface area contributed by atoms with Crippen LogP contribution in [-0.4, -0.2) is 25.5 Å². The van der Waals surface area contributed by atoms with Crippen molar-refractivity contribution in [3.63, 3.8) is 0 Å². The van der Waals surface area contributed by atoms with Crippen LogP contribution in [0.3, 0.4) is 0 Å². The molecule has 0 radical (unpaired) electrons. The molecule has 3 nitrogen and oxygen atoms in total. The minimum absolute atomic E-state index is 0.146. The van der Waals surface area contributed by atoms with E-state index in [1.807, 2.05) is 13.0 Å². The van der Waals surface area contributed by atoms with E-state index >= 15 is 0 Å². The summed E-state index contributed by atoms with van der Waals surface area (Å²) in [4.78, 5) is 11.3. The van der Waals surface area contributed by atoms with Gasteiger partial charge in [-0.25, -0.2) is 0 Å². The highest BCUT2D eigenvalue weighted by Crippen LogP contribution is 2.23. The minimum Gasteiger partial charge on any atom is -0.498 e. The molecule has 0 aromatic rings. The molecule has 0 aromatic carbocycles. The molecule has 0 bridgehead atoms. The fraction of sp³-hybridized carbons (Fsp3) is 0.769.